The van der Waals surface area contributed by atoms with Crippen LogP contribution in [0.4, 0.5) is 4.39 Å². The maximum atomic E-state index is 13.8. The Kier molecular flexibility index (Phi) is 10.3. The highest BCUT2D eigenvalue weighted by Crippen LogP contribution is 2.38. The van der Waals surface area contributed by atoms with Crippen molar-refractivity contribution in [3.05, 3.63) is 81.0 Å². The Labute approximate surface area is 243 Å². The molecule has 0 aliphatic rings. The largest absolute Gasteiger partial charge is 0.598 e. The highest BCUT2D eigenvalue weighted by atomic mass is 35.5. The number of pyridine rings is 1. The molecule has 3 aromatic rings. The van der Waals surface area contributed by atoms with Gasteiger partial charge in [0.05, 0.1) is 15.8 Å². The number of halogens is 2. The molecule has 3 rings (SSSR count). The predicted octanol–water partition coefficient (Wildman–Crippen LogP) is 3.45. The van der Waals surface area contributed by atoms with E-state index < -0.39 is 48.7 Å². The molecule has 1 unspecified atom stereocenters. The minimum atomic E-state index is -4.25. The lowest BCUT2D eigenvalue weighted by Gasteiger charge is -2.28. The van der Waals surface area contributed by atoms with Crippen LogP contribution in [-0.4, -0.2) is 37.2 Å². The molecule has 0 spiro atoms. The lowest BCUT2D eigenvalue weighted by atomic mass is 9.95. The van der Waals surface area contributed by atoms with Crippen LogP contribution in [0.25, 0.3) is 11.1 Å². The highest BCUT2D eigenvalue weighted by Gasteiger charge is 2.31. The molecular weight excluding hydrogens is 601 g/mol. The van der Waals surface area contributed by atoms with Gasteiger partial charge in [-0.15, -0.1) is 4.72 Å². The zero-order valence-electron chi connectivity index (χ0n) is 22.5. The van der Waals surface area contributed by atoms with Gasteiger partial charge in [0.1, 0.15) is 10.6 Å². The van der Waals surface area contributed by atoms with Crippen LogP contribution < -0.4 is 15.0 Å². The fourth-order valence-electron chi connectivity index (χ4n) is 3.88. The number of nitrogens with zero attached hydrogens (tertiary/aromatic N) is 1. The van der Waals surface area contributed by atoms with E-state index in [0.717, 1.165) is 24.3 Å². The molecule has 0 fully saturated rings. The van der Waals surface area contributed by atoms with Crippen molar-refractivity contribution < 1.29 is 25.8 Å². The Morgan fingerprint density at radius 3 is 2.33 bits per heavy atom. The van der Waals surface area contributed by atoms with Crippen molar-refractivity contribution in [2.24, 2.45) is 7.05 Å². The van der Waals surface area contributed by atoms with Crippen LogP contribution >= 0.6 is 11.6 Å². The molecule has 0 aliphatic heterocycles. The number of rotatable bonds is 10. The summed E-state index contributed by atoms with van der Waals surface area (Å²) < 4.78 is 82.1. The van der Waals surface area contributed by atoms with Gasteiger partial charge in [-0.3, -0.25) is 4.79 Å². The van der Waals surface area contributed by atoms with Crippen LogP contribution in [0.5, 0.6) is 0 Å². The van der Waals surface area contributed by atoms with Crippen LogP contribution in [0.3, 0.4) is 0 Å². The average molecular weight is 632 g/mol. The SMILES string of the molecule is CC(N[S@@+]([O-])C(C)(C)C)c1cc(=O)n(C)cc1-c1cc(CCN[SH](=O)=O)c(Cl)cc1S(=O)(=O)c1ccc(F)cc1. The summed E-state index contributed by atoms with van der Waals surface area (Å²) >= 11 is 4.97. The van der Waals surface area contributed by atoms with Crippen molar-refractivity contribution in [2.45, 2.75) is 54.7 Å². The number of aryl methyl sites for hydroxylation is 1. The first-order valence-corrected chi connectivity index (χ1v) is 16.3. The third-order valence-electron chi connectivity index (χ3n) is 6.05. The first-order chi connectivity index (χ1) is 18.5. The molecule has 0 amide bonds. The summed E-state index contributed by atoms with van der Waals surface area (Å²) in [7, 11) is -5.59. The minimum Gasteiger partial charge on any atom is -0.598 e. The van der Waals surface area contributed by atoms with E-state index in [1.807, 2.05) is 0 Å². The molecule has 0 aliphatic carbocycles. The molecule has 2 aromatic carbocycles. The number of thiol groups is 1. The van der Waals surface area contributed by atoms with Gasteiger partial charge in [0.25, 0.3) is 5.56 Å². The number of aromatic nitrogens is 1. The predicted molar refractivity (Wildman–Crippen MR) is 155 cm³/mol. The summed E-state index contributed by atoms with van der Waals surface area (Å²) in [6, 6.07) is 7.85. The van der Waals surface area contributed by atoms with Gasteiger partial charge in [0.2, 0.25) is 20.7 Å². The molecule has 40 heavy (non-hydrogen) atoms. The maximum Gasteiger partial charge on any atom is 0.250 e. The first kappa shape index (κ1) is 32.3. The monoisotopic (exact) mass is 631 g/mol. The molecule has 0 radical (unpaired) electrons. The summed E-state index contributed by atoms with van der Waals surface area (Å²) in [5.41, 5.74) is 1.03. The lowest BCUT2D eigenvalue weighted by molar-refractivity contribution is 0.531. The summed E-state index contributed by atoms with van der Waals surface area (Å²) in [5.74, 6) is -0.608. The van der Waals surface area contributed by atoms with Crippen LogP contribution in [0.2, 0.25) is 5.02 Å². The van der Waals surface area contributed by atoms with Crippen molar-refractivity contribution in [3.63, 3.8) is 0 Å². The molecule has 1 aromatic heterocycles. The normalized spacial score (nSPS) is 13.9. The minimum absolute atomic E-state index is 0.0184. The summed E-state index contributed by atoms with van der Waals surface area (Å²) in [5, 5.41) is 0.0822. The summed E-state index contributed by atoms with van der Waals surface area (Å²) in [6.07, 6.45) is 1.63. The Balaban J connectivity index is 2.31. The molecule has 1 heterocycles. The standard InChI is InChI=1S/C26H31ClFN3O6S3/c1-16(30-38(33)26(2,3)4)20-13-25(32)31(5)15-22(20)21-12-17(10-11-29-39(34)35)23(27)14-24(21)40(36,37)19-8-6-18(28)7-9-19/h6-9,12-16,30,39H,10-11H2,1-5H3,(H,29,34,35)/t16?,38-/m0/s1. The summed E-state index contributed by atoms with van der Waals surface area (Å²) in [6.45, 7) is 7.09. The fourth-order valence-corrected chi connectivity index (χ4v) is 6.77. The van der Waals surface area contributed by atoms with Crippen molar-refractivity contribution in [2.75, 3.05) is 6.54 Å². The van der Waals surface area contributed by atoms with Crippen LogP contribution in [0.1, 0.15) is 44.9 Å². The highest BCUT2D eigenvalue weighted by molar-refractivity contribution is 7.91. The van der Waals surface area contributed by atoms with Crippen molar-refractivity contribution >= 4 is 43.7 Å². The van der Waals surface area contributed by atoms with E-state index in [1.165, 1.54) is 36.0 Å². The van der Waals surface area contributed by atoms with E-state index in [2.05, 4.69) is 9.44 Å². The molecule has 218 valence electrons. The molecule has 14 heteroatoms. The summed E-state index contributed by atoms with van der Waals surface area (Å²) in [4.78, 5) is 12.3. The average Bonchev–Trinajstić information content (AvgIpc) is 2.85. The van der Waals surface area contributed by atoms with E-state index in [-0.39, 0.29) is 38.9 Å². The molecule has 0 saturated heterocycles. The van der Waals surface area contributed by atoms with E-state index in [9.17, 15) is 30.6 Å². The van der Waals surface area contributed by atoms with Crippen molar-refractivity contribution in [3.8, 4) is 11.1 Å². The molecule has 9 nitrogen and oxygen atoms in total. The lowest BCUT2D eigenvalue weighted by Crippen LogP contribution is -2.41. The Hall–Kier alpha value is -2.26. The third-order valence-corrected chi connectivity index (χ3v) is 10.4. The zero-order valence-corrected chi connectivity index (χ0v) is 25.8. The molecule has 0 saturated carbocycles. The second-order valence-corrected chi connectivity index (χ2v) is 15.3. The second kappa shape index (κ2) is 12.7. The van der Waals surface area contributed by atoms with Gasteiger partial charge < -0.3 is 9.12 Å². The van der Waals surface area contributed by atoms with E-state index >= 15 is 0 Å². The number of benzene rings is 2. The van der Waals surface area contributed by atoms with E-state index in [1.54, 1.807) is 27.7 Å². The van der Waals surface area contributed by atoms with Crippen LogP contribution in [-0.2, 0) is 45.6 Å². The van der Waals surface area contributed by atoms with Crippen LogP contribution in [0, 0.1) is 5.82 Å². The van der Waals surface area contributed by atoms with Gasteiger partial charge in [0, 0.05) is 53.4 Å². The Morgan fingerprint density at radius 2 is 1.75 bits per heavy atom. The first-order valence-electron chi connectivity index (χ1n) is 12.1. The molecule has 0 bridgehead atoms. The van der Waals surface area contributed by atoms with E-state index in [0.29, 0.717) is 16.7 Å². The van der Waals surface area contributed by atoms with Gasteiger partial charge >= 0.3 is 0 Å². The number of hydrogen-bond donors (Lipinski definition) is 3. The van der Waals surface area contributed by atoms with Gasteiger partial charge in [0.15, 0.2) is 0 Å². The zero-order chi connectivity index (χ0) is 30.0. The van der Waals surface area contributed by atoms with Gasteiger partial charge in [-0.25, -0.2) is 25.9 Å². The van der Waals surface area contributed by atoms with Crippen LogP contribution in [0.15, 0.2) is 63.2 Å². The number of nitrogens with one attached hydrogen (secondary N) is 2. The molecule has 2 atom stereocenters. The molecule has 2 N–H and O–H groups in total. The number of sulfone groups is 1. The van der Waals surface area contributed by atoms with Crippen molar-refractivity contribution in [1.82, 2.24) is 14.0 Å². The van der Waals surface area contributed by atoms with E-state index in [4.69, 9.17) is 11.6 Å². The molecular formula is C26H31ClFN3O6S3. The van der Waals surface area contributed by atoms with Gasteiger partial charge in [-0.05, 0) is 81.6 Å². The Morgan fingerprint density at radius 1 is 1.12 bits per heavy atom. The topological polar surface area (TPSA) is 137 Å². The second-order valence-electron chi connectivity index (χ2n) is 10.1. The fraction of sp³-hybridized carbons (Fsp3) is 0.346. The third kappa shape index (κ3) is 7.52. The van der Waals surface area contributed by atoms with Crippen molar-refractivity contribution in [1.29, 1.82) is 0 Å². The smallest absolute Gasteiger partial charge is 0.250 e. The quantitative estimate of drug-likeness (QED) is 0.177. The Bertz CT molecular complexity index is 1630. The van der Waals surface area contributed by atoms with Gasteiger partial charge in [-0.1, -0.05) is 11.6 Å². The maximum absolute atomic E-state index is 13.8. The van der Waals surface area contributed by atoms with Gasteiger partial charge in [-0.2, -0.15) is 0 Å². The number of hydrogen-bond acceptors (Lipinski definition) is 7.